The van der Waals surface area contributed by atoms with Gasteiger partial charge in [-0.05, 0) is 29.8 Å². The van der Waals surface area contributed by atoms with Gasteiger partial charge in [-0.15, -0.1) is 0 Å². The molecule has 5 heteroatoms. The summed E-state index contributed by atoms with van der Waals surface area (Å²) in [6, 6.07) is 9.20. The predicted molar refractivity (Wildman–Crippen MR) is 68.0 cm³/mol. The second-order valence-corrected chi connectivity index (χ2v) is 4.30. The Hall–Kier alpha value is -2.32. The Balaban J connectivity index is 1.99. The lowest BCUT2D eigenvalue weighted by atomic mass is 10.1. The molecule has 0 aliphatic heterocycles. The molecular formula is C15H11F3N2. The molecule has 2 aromatic rings. The van der Waals surface area contributed by atoms with Crippen LogP contribution in [0.5, 0.6) is 0 Å². The third kappa shape index (κ3) is 3.59. The molecule has 2 aromatic carbocycles. The van der Waals surface area contributed by atoms with Gasteiger partial charge in [-0.1, -0.05) is 6.07 Å². The second kappa shape index (κ2) is 6.22. The zero-order valence-electron chi connectivity index (χ0n) is 10.5. The molecule has 0 amide bonds. The van der Waals surface area contributed by atoms with Crippen molar-refractivity contribution in [3.63, 3.8) is 0 Å². The quantitative estimate of drug-likeness (QED) is 0.930. The number of hydrogen-bond donors (Lipinski definition) is 1. The Kier molecular flexibility index (Phi) is 4.38. The third-order valence-corrected chi connectivity index (χ3v) is 2.75. The lowest BCUT2D eigenvalue weighted by Gasteiger charge is -2.07. The van der Waals surface area contributed by atoms with Crippen LogP contribution in [0.2, 0.25) is 0 Å². The van der Waals surface area contributed by atoms with Crippen LogP contribution >= 0.6 is 0 Å². The minimum atomic E-state index is -0.630. The van der Waals surface area contributed by atoms with Crippen molar-refractivity contribution >= 4 is 0 Å². The lowest BCUT2D eigenvalue weighted by molar-refractivity contribution is 0.559. The Morgan fingerprint density at radius 2 is 1.75 bits per heavy atom. The summed E-state index contributed by atoms with van der Waals surface area (Å²) < 4.78 is 39.3. The molecule has 0 radical (unpaired) electrons. The van der Waals surface area contributed by atoms with Crippen molar-refractivity contribution in [1.82, 2.24) is 5.32 Å². The van der Waals surface area contributed by atoms with Crippen LogP contribution in [-0.4, -0.2) is 0 Å². The predicted octanol–water partition coefficient (Wildman–Crippen LogP) is 3.27. The highest BCUT2D eigenvalue weighted by Crippen LogP contribution is 2.11. The summed E-state index contributed by atoms with van der Waals surface area (Å²) >= 11 is 0. The van der Waals surface area contributed by atoms with Crippen molar-refractivity contribution in [2.24, 2.45) is 0 Å². The average molecular weight is 276 g/mol. The summed E-state index contributed by atoms with van der Waals surface area (Å²) in [5.41, 5.74) is 1.14. The van der Waals surface area contributed by atoms with E-state index in [0.717, 1.165) is 12.1 Å². The molecule has 0 saturated heterocycles. The molecule has 0 atom stereocenters. The summed E-state index contributed by atoms with van der Waals surface area (Å²) in [7, 11) is 0. The maximum absolute atomic E-state index is 13.4. The summed E-state index contributed by atoms with van der Waals surface area (Å²) in [6.07, 6.45) is 0. The Morgan fingerprint density at radius 3 is 2.45 bits per heavy atom. The van der Waals surface area contributed by atoms with E-state index in [1.165, 1.54) is 18.2 Å². The van der Waals surface area contributed by atoms with E-state index in [9.17, 15) is 13.2 Å². The summed E-state index contributed by atoms with van der Waals surface area (Å²) in [5.74, 6) is -1.75. The van der Waals surface area contributed by atoms with Crippen molar-refractivity contribution in [2.45, 2.75) is 13.1 Å². The van der Waals surface area contributed by atoms with Crippen molar-refractivity contribution in [3.8, 4) is 6.07 Å². The van der Waals surface area contributed by atoms with Crippen LogP contribution in [0.1, 0.15) is 16.7 Å². The van der Waals surface area contributed by atoms with Gasteiger partial charge in [0.1, 0.15) is 17.5 Å². The van der Waals surface area contributed by atoms with E-state index >= 15 is 0 Å². The normalized spacial score (nSPS) is 10.3. The van der Waals surface area contributed by atoms with E-state index < -0.39 is 17.5 Å². The minimum Gasteiger partial charge on any atom is -0.309 e. The molecule has 0 aliphatic carbocycles. The molecule has 0 unspecified atom stereocenters. The van der Waals surface area contributed by atoms with Gasteiger partial charge in [-0.2, -0.15) is 5.26 Å². The molecule has 0 spiro atoms. The van der Waals surface area contributed by atoms with Crippen LogP contribution in [0.25, 0.3) is 0 Å². The Bertz CT molecular complexity index is 663. The smallest absolute Gasteiger partial charge is 0.130 e. The summed E-state index contributed by atoms with van der Waals surface area (Å²) in [5, 5.41) is 11.6. The van der Waals surface area contributed by atoms with Crippen molar-refractivity contribution in [1.29, 1.82) is 5.26 Å². The largest absolute Gasteiger partial charge is 0.309 e. The zero-order valence-corrected chi connectivity index (χ0v) is 10.5. The van der Waals surface area contributed by atoms with Crippen molar-refractivity contribution in [2.75, 3.05) is 0 Å². The van der Waals surface area contributed by atoms with Crippen LogP contribution in [0, 0.1) is 28.8 Å². The van der Waals surface area contributed by atoms with Crippen molar-refractivity contribution in [3.05, 3.63) is 70.5 Å². The maximum Gasteiger partial charge on any atom is 0.130 e. The van der Waals surface area contributed by atoms with Gasteiger partial charge in [0.15, 0.2) is 0 Å². The number of nitriles is 1. The molecule has 0 aliphatic rings. The van der Waals surface area contributed by atoms with Crippen LogP contribution in [0.4, 0.5) is 13.2 Å². The van der Waals surface area contributed by atoms with E-state index in [2.05, 4.69) is 5.32 Å². The molecule has 0 bridgehead atoms. The van der Waals surface area contributed by atoms with Gasteiger partial charge in [-0.3, -0.25) is 0 Å². The first-order valence-corrected chi connectivity index (χ1v) is 5.92. The van der Waals surface area contributed by atoms with E-state index in [1.54, 1.807) is 6.07 Å². The monoisotopic (exact) mass is 276 g/mol. The number of hydrogen-bond acceptors (Lipinski definition) is 2. The van der Waals surface area contributed by atoms with Gasteiger partial charge in [-0.25, -0.2) is 13.2 Å². The number of halogens is 3. The average Bonchev–Trinajstić information content (AvgIpc) is 2.40. The summed E-state index contributed by atoms with van der Waals surface area (Å²) in [4.78, 5) is 0. The van der Waals surface area contributed by atoms with Crippen molar-refractivity contribution < 1.29 is 13.2 Å². The number of rotatable bonds is 4. The van der Waals surface area contributed by atoms with Gasteiger partial charge in [0.05, 0.1) is 11.6 Å². The molecule has 2 nitrogen and oxygen atoms in total. The highest BCUT2D eigenvalue weighted by Gasteiger charge is 2.04. The molecule has 20 heavy (non-hydrogen) atoms. The number of nitrogens with zero attached hydrogens (tertiary/aromatic N) is 1. The SMILES string of the molecule is N#Cc1cc(F)cc(CNCc2ccc(F)cc2F)c1. The molecule has 2 rings (SSSR count). The van der Waals surface area contributed by atoms with Crippen LogP contribution < -0.4 is 5.32 Å². The van der Waals surface area contributed by atoms with Gasteiger partial charge in [0, 0.05) is 24.7 Å². The van der Waals surface area contributed by atoms with Gasteiger partial charge >= 0.3 is 0 Å². The fourth-order valence-corrected chi connectivity index (χ4v) is 1.82. The zero-order chi connectivity index (χ0) is 14.5. The summed E-state index contributed by atoms with van der Waals surface area (Å²) in [6.45, 7) is 0.466. The fourth-order valence-electron chi connectivity index (χ4n) is 1.82. The van der Waals surface area contributed by atoms with Gasteiger partial charge in [0.25, 0.3) is 0 Å². The first-order valence-electron chi connectivity index (χ1n) is 5.92. The molecule has 0 fully saturated rings. The Morgan fingerprint density at radius 1 is 0.950 bits per heavy atom. The topological polar surface area (TPSA) is 35.8 Å². The van der Waals surface area contributed by atoms with Crippen LogP contribution in [0.3, 0.4) is 0 Å². The van der Waals surface area contributed by atoms with Gasteiger partial charge < -0.3 is 5.32 Å². The highest BCUT2D eigenvalue weighted by atomic mass is 19.1. The first-order chi connectivity index (χ1) is 9.58. The van der Waals surface area contributed by atoms with Crippen LogP contribution in [-0.2, 0) is 13.1 Å². The van der Waals surface area contributed by atoms with Crippen LogP contribution in [0.15, 0.2) is 36.4 Å². The second-order valence-electron chi connectivity index (χ2n) is 4.30. The Labute approximate surface area is 114 Å². The molecular weight excluding hydrogens is 265 g/mol. The minimum absolute atomic E-state index is 0.185. The molecule has 102 valence electrons. The number of benzene rings is 2. The molecule has 0 saturated carbocycles. The molecule has 0 aromatic heterocycles. The molecule has 1 N–H and O–H groups in total. The van der Waals surface area contributed by atoms with E-state index in [0.29, 0.717) is 11.1 Å². The standard InChI is InChI=1S/C15H11F3N2/c16-13-2-1-12(15(18)6-13)9-20-8-11-3-10(7-19)4-14(17)5-11/h1-6,20H,8-9H2. The highest BCUT2D eigenvalue weighted by molar-refractivity contribution is 5.33. The first kappa shape index (κ1) is 14.1. The lowest BCUT2D eigenvalue weighted by Crippen LogP contribution is -2.14. The fraction of sp³-hybridized carbons (Fsp3) is 0.133. The molecule has 0 heterocycles. The van der Waals surface area contributed by atoms with Gasteiger partial charge in [0.2, 0.25) is 0 Å². The number of nitrogens with one attached hydrogen (secondary N) is 1. The van der Waals surface area contributed by atoms with E-state index in [-0.39, 0.29) is 18.7 Å². The third-order valence-electron chi connectivity index (χ3n) is 2.75. The maximum atomic E-state index is 13.4. The van der Waals surface area contributed by atoms with E-state index in [1.807, 2.05) is 6.07 Å². The van der Waals surface area contributed by atoms with E-state index in [4.69, 9.17) is 5.26 Å².